The van der Waals surface area contributed by atoms with E-state index in [1.54, 1.807) is 25.1 Å². The standard InChI is InChI=1S/C14H16N2O3/c1-8(2)14(3)13(19)15-11(16-14)9-6-4-5-7-10(9)12(17)18/h4-8H,1-3H3,(H,17,18)(H,15,16,19). The van der Waals surface area contributed by atoms with E-state index in [0.29, 0.717) is 11.4 Å². The van der Waals surface area contributed by atoms with E-state index in [-0.39, 0.29) is 17.4 Å². The van der Waals surface area contributed by atoms with Crippen LogP contribution in [0.1, 0.15) is 36.7 Å². The number of carbonyl (C=O) groups is 2. The normalized spacial score (nSPS) is 22.3. The molecular formula is C14H16N2O3. The number of carboxylic acids is 1. The number of carbonyl (C=O) groups excluding carboxylic acids is 1. The Morgan fingerprint density at radius 2 is 2.00 bits per heavy atom. The van der Waals surface area contributed by atoms with E-state index in [9.17, 15) is 9.59 Å². The van der Waals surface area contributed by atoms with Crippen LogP contribution < -0.4 is 5.32 Å². The molecule has 1 amide bonds. The first kappa shape index (κ1) is 13.3. The third kappa shape index (κ3) is 2.12. The molecule has 2 rings (SSSR count). The van der Waals surface area contributed by atoms with Gasteiger partial charge in [0.05, 0.1) is 5.56 Å². The van der Waals surface area contributed by atoms with Gasteiger partial charge in [-0.3, -0.25) is 9.79 Å². The first-order valence-corrected chi connectivity index (χ1v) is 6.10. The van der Waals surface area contributed by atoms with Gasteiger partial charge in [-0.2, -0.15) is 0 Å². The molecule has 1 aliphatic rings. The number of hydrogen-bond donors (Lipinski definition) is 2. The Kier molecular flexibility index (Phi) is 3.14. The lowest BCUT2D eigenvalue weighted by Crippen LogP contribution is -2.41. The van der Waals surface area contributed by atoms with Crippen molar-refractivity contribution in [2.24, 2.45) is 10.9 Å². The van der Waals surface area contributed by atoms with Gasteiger partial charge in [0.15, 0.2) is 0 Å². The highest BCUT2D eigenvalue weighted by atomic mass is 16.4. The van der Waals surface area contributed by atoms with Crippen LogP contribution in [-0.4, -0.2) is 28.4 Å². The molecule has 1 aliphatic heterocycles. The minimum absolute atomic E-state index is 0.0296. The van der Waals surface area contributed by atoms with Gasteiger partial charge in [-0.1, -0.05) is 32.0 Å². The summed E-state index contributed by atoms with van der Waals surface area (Å²) in [6, 6.07) is 6.51. The van der Waals surface area contributed by atoms with Crippen molar-refractivity contribution in [3.05, 3.63) is 35.4 Å². The Hall–Kier alpha value is -2.17. The molecule has 1 aromatic carbocycles. The molecule has 1 atom stereocenters. The van der Waals surface area contributed by atoms with Crippen LogP contribution in [0.2, 0.25) is 0 Å². The molecule has 1 heterocycles. The van der Waals surface area contributed by atoms with Gasteiger partial charge in [0.25, 0.3) is 5.91 Å². The van der Waals surface area contributed by atoms with E-state index < -0.39 is 11.5 Å². The van der Waals surface area contributed by atoms with E-state index in [2.05, 4.69) is 10.3 Å². The van der Waals surface area contributed by atoms with Crippen molar-refractivity contribution in [3.63, 3.8) is 0 Å². The Labute approximate surface area is 111 Å². The van der Waals surface area contributed by atoms with E-state index in [1.807, 2.05) is 13.8 Å². The number of amides is 1. The van der Waals surface area contributed by atoms with Crippen LogP contribution in [0.25, 0.3) is 0 Å². The predicted octanol–water partition coefficient (Wildman–Crippen LogP) is 1.68. The minimum atomic E-state index is -1.04. The zero-order valence-electron chi connectivity index (χ0n) is 11.1. The highest BCUT2D eigenvalue weighted by molar-refractivity contribution is 6.18. The van der Waals surface area contributed by atoms with Gasteiger partial charge in [-0.25, -0.2) is 4.79 Å². The molecule has 5 heteroatoms. The number of nitrogens with zero attached hydrogens (tertiary/aromatic N) is 1. The lowest BCUT2D eigenvalue weighted by Gasteiger charge is -2.21. The van der Waals surface area contributed by atoms with Gasteiger partial charge in [0, 0.05) is 5.56 Å². The van der Waals surface area contributed by atoms with Crippen LogP contribution in [0.3, 0.4) is 0 Å². The SMILES string of the molecule is CC(C)C1(C)N=C(c2ccccc2C(=O)O)NC1=O. The number of carboxylic acid groups (broad SMARTS) is 1. The molecule has 0 aromatic heterocycles. The van der Waals surface area contributed by atoms with Gasteiger partial charge in [-0.15, -0.1) is 0 Å². The number of rotatable bonds is 3. The largest absolute Gasteiger partial charge is 0.478 e. The summed E-state index contributed by atoms with van der Waals surface area (Å²) in [6.07, 6.45) is 0. The second kappa shape index (κ2) is 4.50. The summed E-state index contributed by atoms with van der Waals surface area (Å²) in [4.78, 5) is 27.6. The van der Waals surface area contributed by atoms with Gasteiger partial charge >= 0.3 is 5.97 Å². The van der Waals surface area contributed by atoms with Crippen LogP contribution in [0.5, 0.6) is 0 Å². The lowest BCUT2D eigenvalue weighted by atomic mass is 9.89. The van der Waals surface area contributed by atoms with E-state index in [4.69, 9.17) is 5.11 Å². The van der Waals surface area contributed by atoms with Gasteiger partial charge in [0.2, 0.25) is 0 Å². The van der Waals surface area contributed by atoms with Crippen LogP contribution in [0.15, 0.2) is 29.3 Å². The number of nitrogens with one attached hydrogen (secondary N) is 1. The summed E-state index contributed by atoms with van der Waals surface area (Å²) in [5.74, 6) is -0.871. The maximum absolute atomic E-state index is 12.0. The van der Waals surface area contributed by atoms with Crippen LogP contribution in [-0.2, 0) is 4.79 Å². The molecule has 0 aliphatic carbocycles. The van der Waals surface area contributed by atoms with Crippen LogP contribution in [0.4, 0.5) is 0 Å². The number of aromatic carboxylic acids is 1. The minimum Gasteiger partial charge on any atom is -0.478 e. The Morgan fingerprint density at radius 1 is 1.37 bits per heavy atom. The molecule has 2 N–H and O–H groups in total. The first-order valence-electron chi connectivity index (χ1n) is 6.10. The number of benzene rings is 1. The second-order valence-electron chi connectivity index (χ2n) is 5.07. The highest BCUT2D eigenvalue weighted by Crippen LogP contribution is 2.27. The smallest absolute Gasteiger partial charge is 0.336 e. The van der Waals surface area contributed by atoms with Crippen molar-refractivity contribution in [2.75, 3.05) is 0 Å². The topological polar surface area (TPSA) is 78.8 Å². The summed E-state index contributed by atoms with van der Waals surface area (Å²) < 4.78 is 0. The Balaban J connectivity index is 2.51. The van der Waals surface area contributed by atoms with Gasteiger partial charge in [0.1, 0.15) is 11.4 Å². The maximum Gasteiger partial charge on any atom is 0.336 e. The van der Waals surface area contributed by atoms with Crippen molar-refractivity contribution in [1.29, 1.82) is 0 Å². The summed E-state index contributed by atoms with van der Waals surface area (Å²) in [7, 11) is 0. The molecule has 0 spiro atoms. The maximum atomic E-state index is 12.0. The first-order chi connectivity index (χ1) is 8.86. The molecule has 0 saturated carbocycles. The van der Waals surface area contributed by atoms with E-state index in [0.717, 1.165) is 0 Å². The molecule has 100 valence electrons. The monoisotopic (exact) mass is 260 g/mol. The molecule has 0 fully saturated rings. The molecule has 0 bridgehead atoms. The average Bonchev–Trinajstić information content (AvgIpc) is 2.67. The van der Waals surface area contributed by atoms with Crippen LogP contribution >= 0.6 is 0 Å². The van der Waals surface area contributed by atoms with Crippen molar-refractivity contribution >= 4 is 17.7 Å². The van der Waals surface area contributed by atoms with E-state index in [1.165, 1.54) is 6.07 Å². The third-order valence-electron chi connectivity index (χ3n) is 3.57. The molecule has 0 saturated heterocycles. The predicted molar refractivity (Wildman–Crippen MR) is 71.3 cm³/mol. The molecular weight excluding hydrogens is 244 g/mol. The van der Waals surface area contributed by atoms with Crippen molar-refractivity contribution in [2.45, 2.75) is 26.3 Å². The summed E-state index contributed by atoms with van der Waals surface area (Å²) in [6.45, 7) is 5.58. The fourth-order valence-electron chi connectivity index (χ4n) is 1.94. The van der Waals surface area contributed by atoms with E-state index >= 15 is 0 Å². The van der Waals surface area contributed by atoms with Crippen LogP contribution in [0, 0.1) is 5.92 Å². The summed E-state index contributed by atoms with van der Waals surface area (Å²) in [5.41, 5.74) is -0.275. The average molecular weight is 260 g/mol. The number of aliphatic imine (C=N–C) groups is 1. The Morgan fingerprint density at radius 3 is 2.53 bits per heavy atom. The fraction of sp³-hybridized carbons (Fsp3) is 0.357. The lowest BCUT2D eigenvalue weighted by molar-refractivity contribution is -0.124. The summed E-state index contributed by atoms with van der Waals surface area (Å²) >= 11 is 0. The van der Waals surface area contributed by atoms with Crippen molar-refractivity contribution in [1.82, 2.24) is 5.32 Å². The third-order valence-corrected chi connectivity index (χ3v) is 3.57. The molecule has 0 radical (unpaired) electrons. The number of amidine groups is 1. The number of hydrogen-bond acceptors (Lipinski definition) is 3. The zero-order chi connectivity index (χ0) is 14.2. The zero-order valence-corrected chi connectivity index (χ0v) is 11.1. The quantitative estimate of drug-likeness (QED) is 0.867. The van der Waals surface area contributed by atoms with Gasteiger partial charge < -0.3 is 10.4 Å². The second-order valence-corrected chi connectivity index (χ2v) is 5.07. The fourth-order valence-corrected chi connectivity index (χ4v) is 1.94. The molecule has 1 aromatic rings. The van der Waals surface area contributed by atoms with Crippen molar-refractivity contribution in [3.8, 4) is 0 Å². The molecule has 1 unspecified atom stereocenters. The van der Waals surface area contributed by atoms with Gasteiger partial charge in [-0.05, 0) is 18.9 Å². The molecule has 19 heavy (non-hydrogen) atoms. The summed E-state index contributed by atoms with van der Waals surface area (Å²) in [5, 5.41) is 11.8. The Bertz CT molecular complexity index is 578. The molecule has 5 nitrogen and oxygen atoms in total. The van der Waals surface area contributed by atoms with Crippen molar-refractivity contribution < 1.29 is 14.7 Å². The highest BCUT2D eigenvalue weighted by Gasteiger charge is 2.42.